The third-order valence-electron chi connectivity index (χ3n) is 4.01. The quantitative estimate of drug-likeness (QED) is 0.849. The molecule has 1 amide bonds. The van der Waals surface area contributed by atoms with Crippen molar-refractivity contribution in [3.05, 3.63) is 0 Å². The predicted octanol–water partition coefficient (Wildman–Crippen LogP) is 3.26. The molecule has 2 heterocycles. The van der Waals surface area contributed by atoms with Crippen molar-refractivity contribution < 1.29 is 9.53 Å². The van der Waals surface area contributed by atoms with Crippen molar-refractivity contribution in [1.82, 2.24) is 10.2 Å². The lowest BCUT2D eigenvalue weighted by Gasteiger charge is -2.28. The molecule has 0 saturated carbocycles. The van der Waals surface area contributed by atoms with Gasteiger partial charge in [0.2, 0.25) is 0 Å². The first kappa shape index (κ1) is 16.9. The lowest BCUT2D eigenvalue weighted by Crippen LogP contribution is -2.42. The van der Waals surface area contributed by atoms with Crippen molar-refractivity contribution >= 4 is 17.9 Å². The predicted molar refractivity (Wildman–Crippen MR) is 88.9 cm³/mol. The van der Waals surface area contributed by atoms with E-state index < -0.39 is 5.60 Å². The summed E-state index contributed by atoms with van der Waals surface area (Å²) in [5.41, 5.74) is -0.402. The van der Waals surface area contributed by atoms with E-state index in [-0.39, 0.29) is 6.09 Å². The first-order chi connectivity index (χ1) is 9.94. The molecule has 2 aliphatic rings. The van der Waals surface area contributed by atoms with Crippen LogP contribution in [0.15, 0.2) is 0 Å². The van der Waals surface area contributed by atoms with Crippen LogP contribution in [-0.2, 0) is 4.74 Å². The number of thioether (sulfide) groups is 1. The van der Waals surface area contributed by atoms with Crippen LogP contribution >= 0.6 is 11.8 Å². The Kier molecular flexibility index (Phi) is 6.23. The van der Waals surface area contributed by atoms with Gasteiger partial charge in [-0.2, -0.15) is 11.8 Å². The zero-order valence-electron chi connectivity index (χ0n) is 13.7. The summed E-state index contributed by atoms with van der Waals surface area (Å²) < 4.78 is 5.48. The number of ether oxygens (including phenoxy) is 1. The Balaban J connectivity index is 1.77. The maximum absolute atomic E-state index is 12.1. The Morgan fingerprint density at radius 3 is 2.57 bits per heavy atom. The highest BCUT2D eigenvalue weighted by molar-refractivity contribution is 7.99. The molecular weight excluding hydrogens is 284 g/mol. The third kappa shape index (κ3) is 6.07. The van der Waals surface area contributed by atoms with E-state index >= 15 is 0 Å². The molecule has 0 aromatic carbocycles. The van der Waals surface area contributed by atoms with Gasteiger partial charge >= 0.3 is 6.09 Å². The van der Waals surface area contributed by atoms with Crippen LogP contribution < -0.4 is 5.32 Å². The normalized spacial score (nSPS) is 28.0. The van der Waals surface area contributed by atoms with Gasteiger partial charge < -0.3 is 15.0 Å². The van der Waals surface area contributed by atoms with Crippen LogP contribution in [0.1, 0.15) is 52.9 Å². The fourth-order valence-electron chi connectivity index (χ4n) is 2.98. The molecule has 0 aromatic rings. The number of hydrogen-bond donors (Lipinski definition) is 1. The lowest BCUT2D eigenvalue weighted by atomic mass is 10.1. The molecule has 1 N–H and O–H groups in total. The van der Waals surface area contributed by atoms with Crippen molar-refractivity contribution in [3.8, 4) is 0 Å². The largest absolute Gasteiger partial charge is 0.444 e. The Morgan fingerprint density at radius 2 is 1.90 bits per heavy atom. The van der Waals surface area contributed by atoms with Crippen LogP contribution in [0.2, 0.25) is 0 Å². The molecule has 2 saturated heterocycles. The fraction of sp³-hybridized carbons (Fsp3) is 0.938. The van der Waals surface area contributed by atoms with E-state index in [0.29, 0.717) is 12.1 Å². The van der Waals surface area contributed by atoms with E-state index in [1.807, 2.05) is 25.7 Å². The molecule has 21 heavy (non-hydrogen) atoms. The van der Waals surface area contributed by atoms with Crippen molar-refractivity contribution in [1.29, 1.82) is 0 Å². The van der Waals surface area contributed by atoms with Gasteiger partial charge in [-0.15, -0.1) is 0 Å². The highest BCUT2D eigenvalue weighted by Gasteiger charge is 2.26. The summed E-state index contributed by atoms with van der Waals surface area (Å²) >= 11 is 2.06. The molecule has 2 atom stereocenters. The molecule has 122 valence electrons. The van der Waals surface area contributed by atoms with Crippen molar-refractivity contribution in [3.63, 3.8) is 0 Å². The molecular formula is C16H30N2O2S. The summed E-state index contributed by atoms with van der Waals surface area (Å²) in [7, 11) is 0. The average molecular weight is 314 g/mol. The van der Waals surface area contributed by atoms with Gasteiger partial charge in [-0.1, -0.05) is 0 Å². The average Bonchev–Trinajstić information content (AvgIpc) is 2.64. The standard InChI is InChI=1S/C16H30N2O2S/c1-16(2,3)20-15(19)18-9-4-6-13(8-10-18)17-14-7-5-11-21-12-14/h13-14,17H,4-12H2,1-3H3/t13-,14-/m1/s1. The minimum Gasteiger partial charge on any atom is -0.444 e. The van der Waals surface area contributed by atoms with Crippen LogP contribution in [0, 0.1) is 0 Å². The summed E-state index contributed by atoms with van der Waals surface area (Å²) in [6.07, 6.45) is 5.76. The minimum atomic E-state index is -0.402. The Hall–Kier alpha value is -0.420. The minimum absolute atomic E-state index is 0.156. The number of carbonyl (C=O) groups is 1. The van der Waals surface area contributed by atoms with E-state index in [9.17, 15) is 4.79 Å². The zero-order valence-corrected chi connectivity index (χ0v) is 14.5. The number of hydrogen-bond acceptors (Lipinski definition) is 4. The van der Waals surface area contributed by atoms with Gasteiger partial charge in [0, 0.05) is 30.9 Å². The maximum atomic E-state index is 12.1. The summed E-state index contributed by atoms with van der Waals surface area (Å²) in [5.74, 6) is 2.56. The second kappa shape index (κ2) is 7.73. The second-order valence-corrected chi connectivity index (χ2v) is 8.33. The monoisotopic (exact) mass is 314 g/mol. The van der Waals surface area contributed by atoms with Gasteiger partial charge in [0.05, 0.1) is 0 Å². The molecule has 0 unspecified atom stereocenters. The SMILES string of the molecule is CC(C)(C)OC(=O)N1CCC[C@@H](N[C@@H]2CCCSC2)CC1. The fourth-order valence-corrected chi connectivity index (χ4v) is 4.06. The van der Waals surface area contributed by atoms with Crippen LogP contribution in [0.3, 0.4) is 0 Å². The number of nitrogens with zero attached hydrogens (tertiary/aromatic N) is 1. The van der Waals surface area contributed by atoms with Crippen LogP contribution in [0.4, 0.5) is 4.79 Å². The molecule has 0 radical (unpaired) electrons. The van der Waals surface area contributed by atoms with Crippen molar-refractivity contribution in [2.75, 3.05) is 24.6 Å². The van der Waals surface area contributed by atoms with Gasteiger partial charge in [-0.05, 0) is 58.6 Å². The smallest absolute Gasteiger partial charge is 0.410 e. The summed E-state index contributed by atoms with van der Waals surface area (Å²) in [4.78, 5) is 14.0. The second-order valence-electron chi connectivity index (χ2n) is 7.18. The van der Waals surface area contributed by atoms with Gasteiger partial charge in [-0.25, -0.2) is 4.79 Å². The zero-order chi connectivity index (χ0) is 15.3. The molecule has 0 aromatic heterocycles. The molecule has 2 aliphatic heterocycles. The number of likely N-dealkylation sites (tertiary alicyclic amines) is 1. The highest BCUT2D eigenvalue weighted by Crippen LogP contribution is 2.20. The highest BCUT2D eigenvalue weighted by atomic mass is 32.2. The van der Waals surface area contributed by atoms with Gasteiger partial charge in [-0.3, -0.25) is 0 Å². The Labute approximate surface area is 133 Å². The van der Waals surface area contributed by atoms with Gasteiger partial charge in [0.15, 0.2) is 0 Å². The number of rotatable bonds is 2. The lowest BCUT2D eigenvalue weighted by molar-refractivity contribution is 0.0256. The van der Waals surface area contributed by atoms with Crippen LogP contribution in [-0.4, -0.2) is 53.3 Å². The van der Waals surface area contributed by atoms with Crippen LogP contribution in [0.25, 0.3) is 0 Å². The molecule has 0 spiro atoms. The van der Waals surface area contributed by atoms with Crippen molar-refractivity contribution in [2.45, 2.75) is 70.6 Å². The first-order valence-corrected chi connectivity index (χ1v) is 9.41. The first-order valence-electron chi connectivity index (χ1n) is 8.26. The Morgan fingerprint density at radius 1 is 1.14 bits per heavy atom. The summed E-state index contributed by atoms with van der Waals surface area (Å²) in [6.45, 7) is 7.41. The van der Waals surface area contributed by atoms with E-state index in [4.69, 9.17) is 4.74 Å². The maximum Gasteiger partial charge on any atom is 0.410 e. The number of amides is 1. The molecule has 5 heteroatoms. The van der Waals surface area contributed by atoms with Crippen molar-refractivity contribution in [2.24, 2.45) is 0 Å². The van der Waals surface area contributed by atoms with Gasteiger partial charge in [0.25, 0.3) is 0 Å². The molecule has 2 rings (SSSR count). The number of nitrogens with one attached hydrogen (secondary N) is 1. The molecule has 0 bridgehead atoms. The number of carbonyl (C=O) groups excluding carboxylic acids is 1. The van der Waals surface area contributed by atoms with E-state index in [1.165, 1.54) is 30.8 Å². The summed E-state index contributed by atoms with van der Waals surface area (Å²) in [6, 6.07) is 1.22. The molecule has 0 aliphatic carbocycles. The van der Waals surface area contributed by atoms with E-state index in [1.54, 1.807) is 0 Å². The summed E-state index contributed by atoms with van der Waals surface area (Å²) in [5, 5.41) is 3.81. The molecule has 4 nitrogen and oxygen atoms in total. The van der Waals surface area contributed by atoms with Gasteiger partial charge in [0.1, 0.15) is 5.60 Å². The van der Waals surface area contributed by atoms with Crippen LogP contribution in [0.5, 0.6) is 0 Å². The van der Waals surface area contributed by atoms with E-state index in [2.05, 4.69) is 17.1 Å². The molecule has 2 fully saturated rings. The third-order valence-corrected chi connectivity index (χ3v) is 5.23. The topological polar surface area (TPSA) is 41.6 Å². The van der Waals surface area contributed by atoms with E-state index in [0.717, 1.165) is 25.9 Å². The Bertz CT molecular complexity index is 338.